The number of nitrogens with zero attached hydrogens (tertiary/aromatic N) is 2. The summed E-state index contributed by atoms with van der Waals surface area (Å²) < 4.78 is 5.53. The molecule has 1 aromatic heterocycles. The Balaban J connectivity index is 1.50. The Bertz CT molecular complexity index is 523. The van der Waals surface area contributed by atoms with E-state index in [1.807, 2.05) is 7.05 Å². The third-order valence-electron chi connectivity index (χ3n) is 5.53. The van der Waals surface area contributed by atoms with Gasteiger partial charge in [-0.3, -0.25) is 14.6 Å². The van der Waals surface area contributed by atoms with Gasteiger partial charge in [-0.1, -0.05) is 19.3 Å². The number of nitrogens with one attached hydrogen (secondary N) is 1. The standard InChI is InChI=1S/C19H31N3O2S/c1-21(13-17-5-12-25-15-17)14-18(23)20-16-19(6-3-2-4-7-19)22-8-10-24-11-9-22/h5,12,15H,2-4,6-11,13-14,16H2,1H3,(H,20,23). The van der Waals surface area contributed by atoms with Gasteiger partial charge in [0, 0.05) is 31.7 Å². The summed E-state index contributed by atoms with van der Waals surface area (Å²) in [5.74, 6) is 0.135. The van der Waals surface area contributed by atoms with Crippen LogP contribution in [0.1, 0.15) is 37.7 Å². The highest BCUT2D eigenvalue weighted by Crippen LogP contribution is 2.33. The molecule has 1 aromatic rings. The van der Waals surface area contributed by atoms with E-state index >= 15 is 0 Å². The fraction of sp³-hybridized carbons (Fsp3) is 0.737. The van der Waals surface area contributed by atoms with E-state index < -0.39 is 0 Å². The van der Waals surface area contributed by atoms with Crippen LogP contribution >= 0.6 is 11.3 Å². The van der Waals surface area contributed by atoms with Gasteiger partial charge in [0.05, 0.1) is 19.8 Å². The zero-order valence-electron chi connectivity index (χ0n) is 15.3. The Hall–Kier alpha value is -0.950. The lowest BCUT2D eigenvalue weighted by molar-refractivity contribution is -0.123. The third kappa shape index (κ3) is 5.26. The predicted molar refractivity (Wildman–Crippen MR) is 102 cm³/mol. The molecule has 0 unspecified atom stereocenters. The highest BCUT2D eigenvalue weighted by Gasteiger charge is 2.38. The summed E-state index contributed by atoms with van der Waals surface area (Å²) in [6.45, 7) is 5.68. The summed E-state index contributed by atoms with van der Waals surface area (Å²) in [5.41, 5.74) is 1.42. The van der Waals surface area contributed by atoms with Crippen LogP contribution in [0.4, 0.5) is 0 Å². The molecular weight excluding hydrogens is 334 g/mol. The quantitative estimate of drug-likeness (QED) is 0.806. The lowest BCUT2D eigenvalue weighted by Crippen LogP contribution is -2.60. The largest absolute Gasteiger partial charge is 0.379 e. The Morgan fingerprint density at radius 2 is 2.08 bits per heavy atom. The maximum Gasteiger partial charge on any atom is 0.234 e. The van der Waals surface area contributed by atoms with Gasteiger partial charge in [0.25, 0.3) is 0 Å². The summed E-state index contributed by atoms with van der Waals surface area (Å²) in [4.78, 5) is 17.1. The molecule has 0 radical (unpaired) electrons. The smallest absolute Gasteiger partial charge is 0.234 e. The van der Waals surface area contributed by atoms with E-state index in [0.29, 0.717) is 6.54 Å². The van der Waals surface area contributed by atoms with Gasteiger partial charge in [0.2, 0.25) is 5.91 Å². The molecule has 2 fully saturated rings. The summed E-state index contributed by atoms with van der Waals surface area (Å²) in [6.07, 6.45) is 6.25. The number of amides is 1. The minimum absolute atomic E-state index is 0.135. The van der Waals surface area contributed by atoms with Gasteiger partial charge in [0.1, 0.15) is 0 Å². The normalized spacial score (nSPS) is 21.4. The van der Waals surface area contributed by atoms with Crippen molar-refractivity contribution in [2.75, 3.05) is 46.4 Å². The van der Waals surface area contributed by atoms with Gasteiger partial charge >= 0.3 is 0 Å². The van der Waals surface area contributed by atoms with Crippen LogP contribution in [0.5, 0.6) is 0 Å². The van der Waals surface area contributed by atoms with E-state index in [4.69, 9.17) is 4.74 Å². The average molecular weight is 366 g/mol. The number of thiophene rings is 1. The Labute approximate surface area is 155 Å². The molecule has 3 rings (SSSR count). The van der Waals surface area contributed by atoms with E-state index in [0.717, 1.165) is 39.4 Å². The summed E-state index contributed by atoms with van der Waals surface area (Å²) in [5, 5.41) is 7.47. The second kappa shape index (κ2) is 9.12. The van der Waals surface area contributed by atoms with Gasteiger partial charge in [0.15, 0.2) is 0 Å². The van der Waals surface area contributed by atoms with E-state index in [1.165, 1.54) is 37.7 Å². The molecule has 0 bridgehead atoms. The van der Waals surface area contributed by atoms with Crippen molar-refractivity contribution >= 4 is 17.2 Å². The molecule has 5 nitrogen and oxygen atoms in total. The van der Waals surface area contributed by atoms with Crippen LogP contribution in [-0.2, 0) is 16.1 Å². The fourth-order valence-corrected chi connectivity index (χ4v) is 4.83. The molecular formula is C19H31N3O2S. The molecule has 140 valence electrons. The number of ether oxygens (including phenoxy) is 1. The van der Waals surface area contributed by atoms with Crippen molar-refractivity contribution in [1.29, 1.82) is 0 Å². The summed E-state index contributed by atoms with van der Waals surface area (Å²) in [7, 11) is 2.01. The molecule has 0 spiro atoms. The number of carbonyl (C=O) groups excluding carboxylic acids is 1. The van der Waals surface area contributed by atoms with E-state index in [2.05, 4.69) is 31.9 Å². The lowest BCUT2D eigenvalue weighted by atomic mass is 9.79. The van der Waals surface area contributed by atoms with Crippen molar-refractivity contribution in [3.8, 4) is 0 Å². The molecule has 1 aliphatic carbocycles. The maximum absolute atomic E-state index is 12.5. The zero-order chi connectivity index (χ0) is 17.5. The maximum atomic E-state index is 12.5. The van der Waals surface area contributed by atoms with Crippen molar-refractivity contribution < 1.29 is 9.53 Å². The first-order chi connectivity index (χ1) is 12.2. The zero-order valence-corrected chi connectivity index (χ0v) is 16.2. The fourth-order valence-electron chi connectivity index (χ4n) is 4.17. The minimum Gasteiger partial charge on any atom is -0.379 e. The molecule has 0 aromatic carbocycles. The summed E-state index contributed by atoms with van der Waals surface area (Å²) >= 11 is 1.70. The minimum atomic E-state index is 0.135. The van der Waals surface area contributed by atoms with Crippen LogP contribution in [0.3, 0.4) is 0 Å². The van der Waals surface area contributed by atoms with Gasteiger partial charge in [-0.25, -0.2) is 0 Å². The van der Waals surface area contributed by atoms with Crippen LogP contribution < -0.4 is 5.32 Å². The highest BCUT2D eigenvalue weighted by molar-refractivity contribution is 7.07. The Morgan fingerprint density at radius 1 is 1.32 bits per heavy atom. The summed E-state index contributed by atoms with van der Waals surface area (Å²) in [6, 6.07) is 2.12. The van der Waals surface area contributed by atoms with E-state index in [9.17, 15) is 4.79 Å². The number of morpholine rings is 1. The first-order valence-electron chi connectivity index (χ1n) is 9.47. The first-order valence-corrected chi connectivity index (χ1v) is 10.4. The van der Waals surface area contributed by atoms with Crippen LogP contribution in [-0.4, -0.2) is 67.7 Å². The van der Waals surface area contributed by atoms with Crippen molar-refractivity contribution in [1.82, 2.24) is 15.1 Å². The molecule has 1 saturated carbocycles. The molecule has 1 N–H and O–H groups in total. The van der Waals surface area contributed by atoms with Gasteiger partial charge in [-0.05, 0) is 42.3 Å². The van der Waals surface area contributed by atoms with E-state index in [1.54, 1.807) is 11.3 Å². The number of carbonyl (C=O) groups is 1. The number of likely N-dealkylation sites (N-methyl/N-ethyl adjacent to an activating group) is 1. The lowest BCUT2D eigenvalue weighted by Gasteiger charge is -2.48. The topological polar surface area (TPSA) is 44.8 Å². The molecule has 25 heavy (non-hydrogen) atoms. The monoisotopic (exact) mass is 365 g/mol. The van der Waals surface area contributed by atoms with Crippen molar-refractivity contribution in [2.45, 2.75) is 44.2 Å². The van der Waals surface area contributed by atoms with Gasteiger partial charge < -0.3 is 10.1 Å². The molecule has 1 amide bonds. The number of rotatable bonds is 7. The molecule has 6 heteroatoms. The van der Waals surface area contributed by atoms with Crippen LogP contribution in [0.25, 0.3) is 0 Å². The highest BCUT2D eigenvalue weighted by atomic mass is 32.1. The van der Waals surface area contributed by atoms with E-state index in [-0.39, 0.29) is 11.4 Å². The SMILES string of the molecule is CN(CC(=O)NCC1(N2CCOCC2)CCCCC1)Cc1ccsc1. The van der Waals surface area contributed by atoms with Crippen LogP contribution in [0.2, 0.25) is 0 Å². The third-order valence-corrected chi connectivity index (χ3v) is 6.26. The molecule has 1 saturated heterocycles. The molecule has 2 aliphatic rings. The predicted octanol–water partition coefficient (Wildman–Crippen LogP) is 2.33. The number of hydrogen-bond acceptors (Lipinski definition) is 5. The molecule has 1 aliphatic heterocycles. The second-order valence-electron chi connectivity index (χ2n) is 7.47. The van der Waals surface area contributed by atoms with Gasteiger partial charge in [-0.2, -0.15) is 11.3 Å². The second-order valence-corrected chi connectivity index (χ2v) is 8.25. The average Bonchev–Trinajstić information content (AvgIpc) is 3.14. The number of hydrogen-bond donors (Lipinski definition) is 1. The van der Waals surface area contributed by atoms with Gasteiger partial charge in [-0.15, -0.1) is 0 Å². The van der Waals surface area contributed by atoms with Crippen molar-refractivity contribution in [3.05, 3.63) is 22.4 Å². The van der Waals surface area contributed by atoms with Crippen molar-refractivity contribution in [2.24, 2.45) is 0 Å². The van der Waals surface area contributed by atoms with Crippen LogP contribution in [0.15, 0.2) is 16.8 Å². The molecule has 0 atom stereocenters. The Kier molecular flexibility index (Phi) is 6.87. The first kappa shape index (κ1) is 18.8. The van der Waals surface area contributed by atoms with Crippen molar-refractivity contribution in [3.63, 3.8) is 0 Å². The molecule has 2 heterocycles. The Morgan fingerprint density at radius 3 is 2.76 bits per heavy atom. The van der Waals surface area contributed by atoms with Crippen LogP contribution in [0, 0.1) is 0 Å².